The van der Waals surface area contributed by atoms with Gasteiger partial charge in [-0.1, -0.05) is 18.2 Å². The van der Waals surface area contributed by atoms with E-state index in [1.165, 1.54) is 19.2 Å². The normalized spacial score (nSPS) is 10.7. The molecule has 29 heavy (non-hydrogen) atoms. The van der Waals surface area contributed by atoms with Gasteiger partial charge in [0.25, 0.3) is 5.91 Å². The second kappa shape index (κ2) is 7.59. The van der Waals surface area contributed by atoms with Crippen LogP contribution < -0.4 is 10.1 Å². The molecular weight excluding hydrogens is 371 g/mol. The summed E-state index contributed by atoms with van der Waals surface area (Å²) in [4.78, 5) is 28.1. The van der Waals surface area contributed by atoms with Crippen molar-refractivity contribution in [3.8, 4) is 17.0 Å². The third-order valence-electron chi connectivity index (χ3n) is 4.58. The minimum absolute atomic E-state index is 0.304. The molecular formula is C23H17FN2O3. The molecule has 144 valence electrons. The van der Waals surface area contributed by atoms with Gasteiger partial charge in [0, 0.05) is 18.0 Å². The fraction of sp³-hybridized carbons (Fsp3) is 0.0435. The fourth-order valence-corrected chi connectivity index (χ4v) is 3.17. The predicted molar refractivity (Wildman–Crippen MR) is 108 cm³/mol. The number of benzene rings is 3. The van der Waals surface area contributed by atoms with Gasteiger partial charge in [-0.05, 0) is 60.2 Å². The number of carbonyl (C=O) groups excluding carboxylic acids is 2. The minimum atomic E-state index is -0.485. The largest absolute Gasteiger partial charge is 0.423 e. The summed E-state index contributed by atoms with van der Waals surface area (Å²) in [6, 6.07) is 19.6. The second-order valence-electron chi connectivity index (χ2n) is 6.42. The van der Waals surface area contributed by atoms with Crippen LogP contribution in [-0.4, -0.2) is 23.9 Å². The molecule has 5 nitrogen and oxygen atoms in total. The highest BCUT2D eigenvalue weighted by Crippen LogP contribution is 2.33. The first-order chi connectivity index (χ1) is 14.1. The molecule has 2 N–H and O–H groups in total. The predicted octanol–water partition coefficient (Wildman–Crippen LogP) is 4.55. The Balaban J connectivity index is 1.78. The first kappa shape index (κ1) is 18.4. The first-order valence-corrected chi connectivity index (χ1v) is 8.98. The van der Waals surface area contributed by atoms with E-state index in [2.05, 4.69) is 10.3 Å². The number of esters is 1. The third kappa shape index (κ3) is 3.60. The summed E-state index contributed by atoms with van der Waals surface area (Å²) in [5.74, 6) is -0.828. The molecule has 0 unspecified atom stereocenters. The highest BCUT2D eigenvalue weighted by Gasteiger charge is 2.20. The van der Waals surface area contributed by atoms with Crippen molar-refractivity contribution in [3.05, 3.63) is 89.7 Å². The van der Waals surface area contributed by atoms with Crippen LogP contribution in [0.2, 0.25) is 0 Å². The number of hydrogen-bond acceptors (Lipinski definition) is 3. The van der Waals surface area contributed by atoms with Gasteiger partial charge in [-0.25, -0.2) is 9.18 Å². The summed E-state index contributed by atoms with van der Waals surface area (Å²) < 4.78 is 18.8. The van der Waals surface area contributed by atoms with Gasteiger partial charge in [0.2, 0.25) is 0 Å². The molecule has 0 aliphatic heterocycles. The van der Waals surface area contributed by atoms with Gasteiger partial charge in [-0.2, -0.15) is 0 Å². The maximum Gasteiger partial charge on any atom is 0.343 e. The van der Waals surface area contributed by atoms with Crippen molar-refractivity contribution < 1.29 is 18.7 Å². The Morgan fingerprint density at radius 1 is 0.966 bits per heavy atom. The number of amides is 1. The molecule has 3 aromatic carbocycles. The molecule has 0 saturated carbocycles. The van der Waals surface area contributed by atoms with E-state index in [0.717, 1.165) is 0 Å². The summed E-state index contributed by atoms with van der Waals surface area (Å²) >= 11 is 0. The molecule has 0 atom stereocenters. The van der Waals surface area contributed by atoms with E-state index in [4.69, 9.17) is 4.74 Å². The maximum absolute atomic E-state index is 13.3. The van der Waals surface area contributed by atoms with Crippen molar-refractivity contribution in [1.29, 1.82) is 0 Å². The summed E-state index contributed by atoms with van der Waals surface area (Å²) in [6.07, 6.45) is 0. The molecule has 1 aromatic heterocycles. The lowest BCUT2D eigenvalue weighted by Crippen LogP contribution is -2.18. The van der Waals surface area contributed by atoms with Crippen LogP contribution in [0.3, 0.4) is 0 Å². The lowest BCUT2D eigenvalue weighted by atomic mass is 10.0. The van der Waals surface area contributed by atoms with Gasteiger partial charge in [-0.3, -0.25) is 4.79 Å². The summed E-state index contributed by atoms with van der Waals surface area (Å²) in [6.45, 7) is 0. The lowest BCUT2D eigenvalue weighted by Gasteiger charge is -2.06. The zero-order chi connectivity index (χ0) is 20.4. The third-order valence-corrected chi connectivity index (χ3v) is 4.58. The number of halogens is 1. The molecule has 0 aliphatic rings. The molecule has 0 radical (unpaired) electrons. The van der Waals surface area contributed by atoms with Crippen molar-refractivity contribution in [2.45, 2.75) is 0 Å². The van der Waals surface area contributed by atoms with Crippen LogP contribution in [-0.2, 0) is 0 Å². The zero-order valence-electron chi connectivity index (χ0n) is 15.5. The highest BCUT2D eigenvalue weighted by atomic mass is 19.1. The topological polar surface area (TPSA) is 71.2 Å². The Kier molecular flexibility index (Phi) is 4.83. The van der Waals surface area contributed by atoms with Gasteiger partial charge < -0.3 is 15.0 Å². The number of ether oxygens (including phenoxy) is 1. The van der Waals surface area contributed by atoms with Crippen molar-refractivity contribution >= 4 is 22.8 Å². The lowest BCUT2D eigenvalue weighted by molar-refractivity contribution is 0.0735. The summed E-state index contributed by atoms with van der Waals surface area (Å²) in [7, 11) is 1.54. The van der Waals surface area contributed by atoms with Crippen molar-refractivity contribution in [2.75, 3.05) is 7.05 Å². The zero-order valence-corrected chi connectivity index (χ0v) is 15.5. The van der Waals surface area contributed by atoms with E-state index in [0.29, 0.717) is 39.0 Å². The van der Waals surface area contributed by atoms with Crippen molar-refractivity contribution in [2.24, 2.45) is 0 Å². The molecule has 4 aromatic rings. The number of nitrogens with one attached hydrogen (secondary N) is 2. The van der Waals surface area contributed by atoms with E-state index in [1.807, 2.05) is 6.07 Å². The second-order valence-corrected chi connectivity index (χ2v) is 6.42. The van der Waals surface area contributed by atoms with Crippen LogP contribution in [0.5, 0.6) is 5.75 Å². The van der Waals surface area contributed by atoms with E-state index >= 15 is 0 Å². The Hall–Kier alpha value is -3.93. The number of fused-ring (bicyclic) bond motifs is 1. The number of H-pyrrole nitrogens is 1. The molecule has 6 heteroatoms. The van der Waals surface area contributed by atoms with Crippen LogP contribution in [0, 0.1) is 5.82 Å². The van der Waals surface area contributed by atoms with Crippen LogP contribution in [0.4, 0.5) is 4.39 Å². The van der Waals surface area contributed by atoms with E-state index < -0.39 is 5.97 Å². The number of hydrogen-bond donors (Lipinski definition) is 2. The summed E-state index contributed by atoms with van der Waals surface area (Å²) in [5, 5.41) is 3.23. The van der Waals surface area contributed by atoms with Crippen LogP contribution >= 0.6 is 0 Å². The van der Waals surface area contributed by atoms with Crippen molar-refractivity contribution in [1.82, 2.24) is 10.3 Å². The molecule has 0 bridgehead atoms. The molecule has 0 spiro atoms. The van der Waals surface area contributed by atoms with Crippen LogP contribution in [0.15, 0.2) is 72.8 Å². The average molecular weight is 388 g/mol. The monoisotopic (exact) mass is 388 g/mol. The number of rotatable bonds is 4. The SMILES string of the molecule is CNC(=O)c1c(-c2ccc(F)cc2)[nH]c2ccc(OC(=O)c3ccccc3)cc12. The number of aromatic nitrogens is 1. The smallest absolute Gasteiger partial charge is 0.343 e. The molecule has 4 rings (SSSR count). The number of aromatic amines is 1. The minimum Gasteiger partial charge on any atom is -0.423 e. The summed E-state index contributed by atoms with van der Waals surface area (Å²) in [5.41, 5.74) is 2.75. The number of carbonyl (C=O) groups is 2. The Morgan fingerprint density at radius 3 is 2.38 bits per heavy atom. The Bertz CT molecular complexity index is 1200. The fourth-order valence-electron chi connectivity index (χ4n) is 3.17. The van der Waals surface area contributed by atoms with Gasteiger partial charge in [0.15, 0.2) is 0 Å². The van der Waals surface area contributed by atoms with E-state index in [9.17, 15) is 14.0 Å². The molecule has 1 amide bonds. The molecule has 0 aliphatic carbocycles. The van der Waals surface area contributed by atoms with Crippen LogP contribution in [0.1, 0.15) is 20.7 Å². The Labute approximate surface area is 166 Å². The average Bonchev–Trinajstić information content (AvgIpc) is 3.13. The molecule has 0 saturated heterocycles. The van der Waals surface area contributed by atoms with Gasteiger partial charge in [0.05, 0.1) is 16.8 Å². The van der Waals surface area contributed by atoms with Crippen LogP contribution in [0.25, 0.3) is 22.2 Å². The maximum atomic E-state index is 13.3. The quantitative estimate of drug-likeness (QED) is 0.398. The Morgan fingerprint density at radius 2 is 1.69 bits per heavy atom. The van der Waals surface area contributed by atoms with Crippen molar-refractivity contribution in [3.63, 3.8) is 0 Å². The molecule has 0 fully saturated rings. The highest BCUT2D eigenvalue weighted by molar-refractivity contribution is 6.12. The van der Waals surface area contributed by atoms with Gasteiger partial charge in [0.1, 0.15) is 11.6 Å². The van der Waals surface area contributed by atoms with E-state index in [-0.39, 0.29) is 11.7 Å². The standard InChI is InChI=1S/C23H17FN2O3/c1-25-22(27)20-18-13-17(29-23(28)15-5-3-2-4-6-15)11-12-19(18)26-21(20)14-7-9-16(24)10-8-14/h2-13,26H,1H3,(H,25,27). The first-order valence-electron chi connectivity index (χ1n) is 8.98. The van der Waals surface area contributed by atoms with E-state index in [1.54, 1.807) is 54.6 Å². The van der Waals surface area contributed by atoms with Gasteiger partial charge >= 0.3 is 5.97 Å². The van der Waals surface area contributed by atoms with Gasteiger partial charge in [-0.15, -0.1) is 0 Å². The molecule has 1 heterocycles.